The summed E-state index contributed by atoms with van der Waals surface area (Å²) in [6, 6.07) is 9.90. The van der Waals surface area contributed by atoms with E-state index in [1.165, 1.54) is 25.7 Å². The van der Waals surface area contributed by atoms with Gasteiger partial charge in [-0.2, -0.15) is 9.97 Å². The van der Waals surface area contributed by atoms with Crippen LogP contribution >= 0.6 is 23.8 Å². The molecule has 0 unspecified atom stereocenters. The number of aromatic nitrogens is 2. The Morgan fingerprint density at radius 2 is 1.56 bits per heavy atom. The Morgan fingerprint density at radius 1 is 1.00 bits per heavy atom. The van der Waals surface area contributed by atoms with Gasteiger partial charge in [-0.1, -0.05) is 37.6 Å². The average molecular weight is 473 g/mol. The summed E-state index contributed by atoms with van der Waals surface area (Å²) in [5, 5.41) is 7.72. The molecule has 1 aromatic carbocycles. The van der Waals surface area contributed by atoms with E-state index < -0.39 is 0 Å². The molecule has 2 saturated heterocycles. The van der Waals surface area contributed by atoms with Gasteiger partial charge >= 0.3 is 0 Å². The zero-order valence-electron chi connectivity index (χ0n) is 19.0. The van der Waals surface area contributed by atoms with Crippen molar-refractivity contribution in [3.05, 3.63) is 40.9 Å². The Balaban J connectivity index is 1.50. The second-order valence-electron chi connectivity index (χ2n) is 9.23. The number of benzene rings is 1. The van der Waals surface area contributed by atoms with Crippen molar-refractivity contribution in [3.63, 3.8) is 0 Å². The molecule has 0 spiro atoms. The number of nitrogens with zero attached hydrogens (tertiary/aromatic N) is 4. The third kappa shape index (κ3) is 6.23. The molecule has 3 heterocycles. The minimum atomic E-state index is 0.516. The molecule has 2 aromatic rings. The Kier molecular flexibility index (Phi) is 7.68. The Bertz CT molecular complexity index is 881. The zero-order valence-corrected chi connectivity index (χ0v) is 20.6. The van der Waals surface area contributed by atoms with Crippen LogP contribution in [-0.2, 0) is 6.54 Å². The van der Waals surface area contributed by atoms with Gasteiger partial charge in [-0.05, 0) is 67.4 Å². The van der Waals surface area contributed by atoms with Crippen molar-refractivity contribution in [2.24, 2.45) is 11.8 Å². The van der Waals surface area contributed by atoms with E-state index in [0.29, 0.717) is 29.4 Å². The summed E-state index contributed by atoms with van der Waals surface area (Å²) in [5.41, 5.74) is 1.11. The van der Waals surface area contributed by atoms with Gasteiger partial charge in [-0.15, -0.1) is 0 Å². The van der Waals surface area contributed by atoms with Crippen LogP contribution in [0.5, 0.6) is 0 Å². The first-order valence-electron chi connectivity index (χ1n) is 11.6. The highest BCUT2D eigenvalue weighted by Crippen LogP contribution is 2.28. The summed E-state index contributed by atoms with van der Waals surface area (Å²) in [6.45, 7) is 9.39. The molecule has 0 saturated carbocycles. The molecule has 2 aliphatic heterocycles. The van der Waals surface area contributed by atoms with Gasteiger partial charge in [0.1, 0.15) is 11.6 Å². The maximum Gasteiger partial charge on any atom is 0.232 e. The van der Waals surface area contributed by atoms with Gasteiger partial charge in [0.15, 0.2) is 5.11 Å². The summed E-state index contributed by atoms with van der Waals surface area (Å²) in [7, 11) is 0. The minimum Gasteiger partial charge on any atom is -0.358 e. The van der Waals surface area contributed by atoms with E-state index in [4.69, 9.17) is 33.8 Å². The quantitative estimate of drug-likeness (QED) is 0.588. The SMILES string of the molecule is C[C@H]1CCCN(c2cc(N3CCC[C@H](C)C3)nc(NC(=S)NCc3ccc(Cl)cc3)n2)C1. The predicted molar refractivity (Wildman–Crippen MR) is 138 cm³/mol. The maximum atomic E-state index is 5.97. The molecule has 2 N–H and O–H groups in total. The highest BCUT2D eigenvalue weighted by molar-refractivity contribution is 7.80. The highest BCUT2D eigenvalue weighted by Gasteiger charge is 2.23. The molecule has 8 heteroatoms. The first kappa shape index (κ1) is 23.1. The maximum absolute atomic E-state index is 5.97. The van der Waals surface area contributed by atoms with Crippen molar-refractivity contribution < 1.29 is 0 Å². The normalized spacial score (nSPS) is 21.3. The first-order valence-corrected chi connectivity index (χ1v) is 12.4. The third-order valence-electron chi connectivity index (χ3n) is 6.25. The summed E-state index contributed by atoms with van der Waals surface area (Å²) in [4.78, 5) is 14.5. The highest BCUT2D eigenvalue weighted by atomic mass is 35.5. The molecule has 4 rings (SSSR count). The number of rotatable bonds is 5. The smallest absolute Gasteiger partial charge is 0.232 e. The topological polar surface area (TPSA) is 56.3 Å². The molecule has 6 nitrogen and oxygen atoms in total. The van der Waals surface area contributed by atoms with Crippen LogP contribution in [0.2, 0.25) is 5.02 Å². The zero-order chi connectivity index (χ0) is 22.5. The van der Waals surface area contributed by atoms with Gasteiger partial charge in [-0.3, -0.25) is 0 Å². The van der Waals surface area contributed by atoms with Crippen LogP contribution < -0.4 is 20.4 Å². The van der Waals surface area contributed by atoms with Gasteiger partial charge in [0.25, 0.3) is 0 Å². The van der Waals surface area contributed by atoms with E-state index >= 15 is 0 Å². The molecular formula is C24H33ClN6S. The monoisotopic (exact) mass is 472 g/mol. The summed E-state index contributed by atoms with van der Waals surface area (Å²) >= 11 is 11.5. The van der Waals surface area contributed by atoms with Crippen LogP contribution in [0.15, 0.2) is 30.3 Å². The number of anilines is 3. The molecule has 0 amide bonds. The average Bonchev–Trinajstić information content (AvgIpc) is 2.78. The fourth-order valence-corrected chi connectivity index (χ4v) is 4.82. The molecular weight excluding hydrogens is 440 g/mol. The van der Waals surface area contributed by atoms with E-state index in [-0.39, 0.29) is 0 Å². The molecule has 0 bridgehead atoms. The van der Waals surface area contributed by atoms with Gasteiger partial charge in [-0.25, -0.2) is 0 Å². The van der Waals surface area contributed by atoms with E-state index in [1.807, 2.05) is 24.3 Å². The van der Waals surface area contributed by atoms with Crippen LogP contribution in [-0.4, -0.2) is 41.3 Å². The molecule has 32 heavy (non-hydrogen) atoms. The fourth-order valence-electron chi connectivity index (χ4n) is 4.53. The predicted octanol–water partition coefficient (Wildman–Crippen LogP) is 5.09. The lowest BCUT2D eigenvalue weighted by molar-refractivity contribution is 0.441. The number of halogens is 1. The number of hydrogen-bond donors (Lipinski definition) is 2. The van der Waals surface area contributed by atoms with Crippen molar-refractivity contribution in [3.8, 4) is 0 Å². The molecule has 2 aliphatic rings. The molecule has 2 atom stereocenters. The molecule has 2 fully saturated rings. The summed E-state index contributed by atoms with van der Waals surface area (Å²) < 4.78 is 0. The van der Waals surface area contributed by atoms with E-state index in [2.05, 4.69) is 40.3 Å². The lowest BCUT2D eigenvalue weighted by Crippen LogP contribution is -2.37. The third-order valence-corrected chi connectivity index (χ3v) is 6.75. The van der Waals surface area contributed by atoms with Crippen LogP contribution in [0, 0.1) is 11.8 Å². The standard InChI is InChI=1S/C24H33ClN6S/c1-17-5-3-11-30(15-17)21-13-22(31-12-4-6-18(2)16-31)28-23(27-21)29-24(32)26-14-19-7-9-20(25)10-8-19/h7-10,13,17-18H,3-6,11-12,14-16H2,1-2H3,(H2,26,27,28,29,32)/t17-,18-/m0/s1. The Morgan fingerprint density at radius 3 is 2.09 bits per heavy atom. The first-order chi connectivity index (χ1) is 15.5. The molecule has 0 aliphatic carbocycles. The van der Waals surface area contributed by atoms with Crippen molar-refractivity contribution in [2.45, 2.75) is 46.1 Å². The van der Waals surface area contributed by atoms with Gasteiger partial charge in [0.05, 0.1) is 0 Å². The van der Waals surface area contributed by atoms with Crippen molar-refractivity contribution in [1.82, 2.24) is 15.3 Å². The summed E-state index contributed by atoms with van der Waals surface area (Å²) in [5.74, 6) is 3.89. The van der Waals surface area contributed by atoms with Crippen LogP contribution in [0.4, 0.5) is 17.6 Å². The van der Waals surface area contributed by atoms with Gasteiger partial charge in [0, 0.05) is 43.8 Å². The number of piperidine rings is 2. The molecule has 172 valence electrons. The summed E-state index contributed by atoms with van der Waals surface area (Å²) in [6.07, 6.45) is 4.96. The van der Waals surface area contributed by atoms with Crippen LogP contribution in [0.3, 0.4) is 0 Å². The largest absolute Gasteiger partial charge is 0.358 e. The second kappa shape index (κ2) is 10.7. The van der Waals surface area contributed by atoms with Crippen molar-refractivity contribution in [2.75, 3.05) is 41.3 Å². The lowest BCUT2D eigenvalue weighted by Gasteiger charge is -2.35. The Labute approximate surface area is 201 Å². The lowest BCUT2D eigenvalue weighted by atomic mass is 10.00. The van der Waals surface area contributed by atoms with Crippen LogP contribution in [0.1, 0.15) is 45.1 Å². The minimum absolute atomic E-state index is 0.516. The number of thiocarbonyl (C=S) groups is 1. The number of hydrogen-bond acceptors (Lipinski definition) is 5. The second-order valence-corrected chi connectivity index (χ2v) is 10.1. The van der Waals surface area contributed by atoms with Crippen LogP contribution in [0.25, 0.3) is 0 Å². The van der Waals surface area contributed by atoms with Gasteiger partial charge < -0.3 is 20.4 Å². The van der Waals surface area contributed by atoms with Crippen molar-refractivity contribution in [1.29, 1.82) is 0 Å². The van der Waals surface area contributed by atoms with E-state index in [9.17, 15) is 0 Å². The molecule has 0 radical (unpaired) electrons. The Hall–Kier alpha value is -2.12. The van der Waals surface area contributed by atoms with E-state index in [1.54, 1.807) is 0 Å². The van der Waals surface area contributed by atoms with E-state index in [0.717, 1.165) is 48.4 Å². The number of nitrogens with one attached hydrogen (secondary N) is 2. The fraction of sp³-hybridized carbons (Fsp3) is 0.542. The molecule has 1 aromatic heterocycles. The van der Waals surface area contributed by atoms with Gasteiger partial charge in [0.2, 0.25) is 5.95 Å². The van der Waals surface area contributed by atoms with Crippen molar-refractivity contribution >= 4 is 46.5 Å².